The molecule has 1 atom stereocenters. The third-order valence-electron chi connectivity index (χ3n) is 3.35. The van der Waals surface area contributed by atoms with Gasteiger partial charge in [0.2, 0.25) is 0 Å². The van der Waals surface area contributed by atoms with Gasteiger partial charge in [-0.2, -0.15) is 0 Å². The number of aliphatic carboxylic acids is 1. The largest absolute Gasteiger partial charge is 0.472 e. The second-order valence-corrected chi connectivity index (χ2v) is 5.75. The minimum Gasteiger partial charge on any atom is -0.472 e. The quantitative estimate of drug-likeness (QED) is 0.264. The van der Waals surface area contributed by atoms with E-state index in [0.717, 1.165) is 19.3 Å². The molecule has 0 saturated carbocycles. The Labute approximate surface area is 147 Å². The first-order chi connectivity index (χ1) is 11.5. The van der Waals surface area contributed by atoms with Gasteiger partial charge in [-0.1, -0.05) is 71.3 Å². The van der Waals surface area contributed by atoms with Crippen LogP contribution in [0.15, 0.2) is 12.2 Å². The van der Waals surface area contributed by atoms with Crippen molar-refractivity contribution in [3.8, 4) is 11.8 Å². The van der Waals surface area contributed by atoms with Crippen LogP contribution in [0.4, 0.5) is 0 Å². The van der Waals surface area contributed by atoms with Crippen molar-refractivity contribution in [2.75, 3.05) is 7.11 Å². The Morgan fingerprint density at radius 1 is 1.08 bits per heavy atom. The van der Waals surface area contributed by atoms with Gasteiger partial charge in [-0.25, -0.2) is 9.59 Å². The first-order valence-corrected chi connectivity index (χ1v) is 8.96. The molecular formula is C20H34O4. The van der Waals surface area contributed by atoms with Crippen LogP contribution in [0.2, 0.25) is 0 Å². The summed E-state index contributed by atoms with van der Waals surface area (Å²) in [5.41, 5.74) is 0. The number of methoxy groups -OCH3 is 1. The van der Waals surface area contributed by atoms with Gasteiger partial charge in [-0.15, -0.1) is 0 Å². The van der Waals surface area contributed by atoms with Gasteiger partial charge in [0.1, 0.15) is 0 Å². The predicted octanol–water partition coefficient (Wildman–Crippen LogP) is 4.98. The first kappa shape index (κ1) is 24.5. The molecule has 0 spiro atoms. The Morgan fingerprint density at radius 3 is 2.25 bits per heavy atom. The highest BCUT2D eigenvalue weighted by molar-refractivity contribution is 5.86. The molecule has 0 bridgehead atoms. The lowest BCUT2D eigenvalue weighted by Gasteiger charge is -2.00. The van der Waals surface area contributed by atoms with E-state index >= 15 is 0 Å². The maximum absolute atomic E-state index is 10.6. The Morgan fingerprint density at radius 2 is 1.71 bits per heavy atom. The van der Waals surface area contributed by atoms with Gasteiger partial charge >= 0.3 is 11.9 Å². The van der Waals surface area contributed by atoms with E-state index in [4.69, 9.17) is 5.11 Å². The number of ether oxygens (including phenoxy) is 1. The maximum Gasteiger partial charge on any atom is 0.381 e. The van der Waals surface area contributed by atoms with E-state index in [0.29, 0.717) is 0 Å². The molecule has 4 heteroatoms. The number of esters is 1. The SMILES string of the molecule is CCCCCC(C)C#CC(=O)O.CCCCCCC=CC(=O)OC. The molecule has 0 radical (unpaired) electrons. The van der Waals surface area contributed by atoms with E-state index in [1.807, 2.05) is 13.0 Å². The predicted molar refractivity (Wildman–Crippen MR) is 98.6 cm³/mol. The van der Waals surface area contributed by atoms with E-state index in [9.17, 15) is 9.59 Å². The van der Waals surface area contributed by atoms with Crippen molar-refractivity contribution in [2.45, 2.75) is 78.6 Å². The fraction of sp³-hybridized carbons (Fsp3) is 0.700. The van der Waals surface area contributed by atoms with Crippen molar-refractivity contribution < 1.29 is 19.4 Å². The smallest absolute Gasteiger partial charge is 0.381 e. The fourth-order valence-electron chi connectivity index (χ4n) is 1.89. The first-order valence-electron chi connectivity index (χ1n) is 8.96. The van der Waals surface area contributed by atoms with Crippen LogP contribution >= 0.6 is 0 Å². The lowest BCUT2D eigenvalue weighted by atomic mass is 10.0. The van der Waals surface area contributed by atoms with Crippen molar-refractivity contribution in [1.29, 1.82) is 0 Å². The summed E-state index contributed by atoms with van der Waals surface area (Å²) in [4.78, 5) is 20.7. The molecule has 24 heavy (non-hydrogen) atoms. The Kier molecular flexibility index (Phi) is 19.7. The second-order valence-electron chi connectivity index (χ2n) is 5.75. The highest BCUT2D eigenvalue weighted by Gasteiger charge is 1.96. The number of carbonyl (C=O) groups is 2. The van der Waals surface area contributed by atoms with Gasteiger partial charge in [-0.3, -0.25) is 0 Å². The highest BCUT2D eigenvalue weighted by atomic mass is 16.5. The summed E-state index contributed by atoms with van der Waals surface area (Å²) < 4.78 is 4.45. The molecule has 0 aromatic rings. The monoisotopic (exact) mass is 338 g/mol. The molecule has 0 aliphatic heterocycles. The average molecular weight is 338 g/mol. The van der Waals surface area contributed by atoms with Crippen molar-refractivity contribution in [3.05, 3.63) is 12.2 Å². The Hall–Kier alpha value is -1.76. The third-order valence-corrected chi connectivity index (χ3v) is 3.35. The number of carboxylic acid groups (broad SMARTS) is 1. The van der Waals surface area contributed by atoms with Crippen LogP contribution in [-0.4, -0.2) is 24.2 Å². The third kappa shape index (κ3) is 22.5. The van der Waals surface area contributed by atoms with Gasteiger partial charge in [-0.05, 0) is 19.3 Å². The molecule has 0 amide bonds. The molecular weight excluding hydrogens is 304 g/mol. The topological polar surface area (TPSA) is 63.6 Å². The van der Waals surface area contributed by atoms with Crippen molar-refractivity contribution >= 4 is 11.9 Å². The molecule has 4 nitrogen and oxygen atoms in total. The van der Waals surface area contributed by atoms with Crippen LogP contribution < -0.4 is 0 Å². The number of unbranched alkanes of at least 4 members (excludes halogenated alkanes) is 6. The molecule has 138 valence electrons. The van der Waals surface area contributed by atoms with E-state index < -0.39 is 5.97 Å². The van der Waals surface area contributed by atoms with E-state index in [1.165, 1.54) is 51.7 Å². The Balaban J connectivity index is 0. The number of carboxylic acids is 1. The molecule has 0 aromatic heterocycles. The van der Waals surface area contributed by atoms with Crippen LogP contribution in [0.1, 0.15) is 78.6 Å². The van der Waals surface area contributed by atoms with E-state index in [1.54, 1.807) is 0 Å². The van der Waals surface area contributed by atoms with Gasteiger partial charge < -0.3 is 9.84 Å². The lowest BCUT2D eigenvalue weighted by molar-refractivity contribution is -0.135. The molecule has 1 unspecified atom stereocenters. The Bertz CT molecular complexity index is 402. The van der Waals surface area contributed by atoms with Crippen LogP contribution in [0.25, 0.3) is 0 Å². The highest BCUT2D eigenvalue weighted by Crippen LogP contribution is 2.07. The van der Waals surface area contributed by atoms with Crippen LogP contribution in [0, 0.1) is 17.8 Å². The number of carbonyl (C=O) groups excluding carboxylic acids is 1. The van der Waals surface area contributed by atoms with Crippen LogP contribution in [0.3, 0.4) is 0 Å². The zero-order valence-electron chi connectivity index (χ0n) is 15.8. The molecule has 1 N–H and O–H groups in total. The standard InChI is InChI=1S/C10H16O2.C10H18O2/c1-3-4-5-6-9(2)7-8-10(11)12;1-3-4-5-6-7-8-9-10(11)12-2/h9H,3-6H2,1-2H3,(H,11,12);8-9H,3-7H2,1-2H3. The number of hydrogen-bond donors (Lipinski definition) is 1. The van der Waals surface area contributed by atoms with Crippen molar-refractivity contribution in [2.24, 2.45) is 5.92 Å². The summed E-state index contributed by atoms with van der Waals surface area (Å²) in [6, 6.07) is 0. The second kappa shape index (κ2) is 19.3. The van der Waals surface area contributed by atoms with Crippen LogP contribution in [0.5, 0.6) is 0 Å². The fourth-order valence-corrected chi connectivity index (χ4v) is 1.89. The van der Waals surface area contributed by atoms with Gasteiger partial charge in [0, 0.05) is 17.9 Å². The molecule has 0 saturated heterocycles. The lowest BCUT2D eigenvalue weighted by Crippen LogP contribution is -1.93. The summed E-state index contributed by atoms with van der Waals surface area (Å²) in [6.45, 7) is 6.30. The number of hydrogen-bond acceptors (Lipinski definition) is 3. The minimum absolute atomic E-state index is 0.215. The van der Waals surface area contributed by atoms with Crippen molar-refractivity contribution in [1.82, 2.24) is 0 Å². The minimum atomic E-state index is -1.03. The van der Waals surface area contributed by atoms with Crippen LogP contribution in [-0.2, 0) is 14.3 Å². The summed E-state index contributed by atoms with van der Waals surface area (Å²) in [7, 11) is 1.39. The summed E-state index contributed by atoms with van der Waals surface area (Å²) >= 11 is 0. The van der Waals surface area contributed by atoms with Crippen molar-refractivity contribution in [3.63, 3.8) is 0 Å². The average Bonchev–Trinajstić information content (AvgIpc) is 2.56. The number of rotatable bonds is 10. The van der Waals surface area contributed by atoms with E-state index in [2.05, 4.69) is 30.4 Å². The zero-order valence-corrected chi connectivity index (χ0v) is 15.8. The molecule has 0 heterocycles. The number of allylic oxidation sites excluding steroid dienone is 1. The molecule has 0 rings (SSSR count). The van der Waals surface area contributed by atoms with Gasteiger partial charge in [0.05, 0.1) is 7.11 Å². The molecule has 0 fully saturated rings. The summed E-state index contributed by atoms with van der Waals surface area (Å²) in [6.07, 6.45) is 13.9. The molecule has 0 aromatic carbocycles. The normalized spacial score (nSPS) is 11.0. The summed E-state index contributed by atoms with van der Waals surface area (Å²) in [5, 5.41) is 8.26. The molecule has 0 aliphatic carbocycles. The molecule has 0 aliphatic rings. The zero-order chi connectivity index (χ0) is 18.6. The van der Waals surface area contributed by atoms with Gasteiger partial charge in [0.15, 0.2) is 0 Å². The van der Waals surface area contributed by atoms with Gasteiger partial charge in [0.25, 0.3) is 0 Å². The van der Waals surface area contributed by atoms with E-state index in [-0.39, 0.29) is 11.9 Å². The summed E-state index contributed by atoms with van der Waals surface area (Å²) in [5.74, 6) is 3.76. The maximum atomic E-state index is 10.6.